The van der Waals surface area contributed by atoms with Crippen LogP contribution in [0.1, 0.15) is 316 Å². The van der Waals surface area contributed by atoms with Crippen LogP contribution in [0.5, 0.6) is 0 Å². The van der Waals surface area contributed by atoms with Crippen molar-refractivity contribution < 1.29 is 20.1 Å². The number of aliphatic hydroxyl groups excluding tert-OH is 3. The molecule has 3 atom stereocenters. The molecule has 0 rings (SSSR count). The molecule has 0 saturated heterocycles. The van der Waals surface area contributed by atoms with Gasteiger partial charge in [-0.05, 0) is 70.6 Å². The van der Waals surface area contributed by atoms with Crippen molar-refractivity contribution in [3.63, 3.8) is 0 Å². The van der Waals surface area contributed by atoms with Gasteiger partial charge in [0.05, 0.1) is 18.8 Å². The number of carbonyl (C=O) groups excluding carboxylic acids is 1. The van der Waals surface area contributed by atoms with Crippen LogP contribution in [-0.2, 0) is 4.79 Å². The third-order valence-corrected chi connectivity index (χ3v) is 13.7. The van der Waals surface area contributed by atoms with Crippen LogP contribution in [0.3, 0.4) is 0 Å². The molecule has 384 valence electrons. The Morgan fingerprint density at radius 3 is 0.985 bits per heavy atom. The van der Waals surface area contributed by atoms with E-state index in [9.17, 15) is 20.1 Å². The summed E-state index contributed by atoms with van der Waals surface area (Å²) < 4.78 is 0. The van der Waals surface area contributed by atoms with Crippen LogP contribution in [0.15, 0.2) is 36.5 Å². The van der Waals surface area contributed by atoms with Crippen molar-refractivity contribution in [2.24, 2.45) is 0 Å². The van der Waals surface area contributed by atoms with E-state index in [1.807, 2.05) is 0 Å². The van der Waals surface area contributed by atoms with E-state index in [2.05, 4.69) is 55.6 Å². The molecule has 5 nitrogen and oxygen atoms in total. The molecule has 4 N–H and O–H groups in total. The molecule has 3 unspecified atom stereocenters. The van der Waals surface area contributed by atoms with E-state index in [-0.39, 0.29) is 12.5 Å². The lowest BCUT2D eigenvalue weighted by molar-refractivity contribution is -0.124. The smallest absolute Gasteiger partial charge is 0.220 e. The molecule has 0 saturated carbocycles. The van der Waals surface area contributed by atoms with Gasteiger partial charge < -0.3 is 20.6 Å². The predicted molar refractivity (Wildman–Crippen MR) is 287 cm³/mol. The number of allylic oxidation sites excluding steroid dienone is 6. The Hall–Kier alpha value is -1.43. The van der Waals surface area contributed by atoms with Crippen LogP contribution >= 0.6 is 0 Å². The van der Waals surface area contributed by atoms with Crippen molar-refractivity contribution >= 4 is 5.91 Å². The maximum atomic E-state index is 12.5. The number of rotatable bonds is 54. The second-order valence-electron chi connectivity index (χ2n) is 20.2. The van der Waals surface area contributed by atoms with Crippen LogP contribution in [0, 0.1) is 0 Å². The van der Waals surface area contributed by atoms with Crippen molar-refractivity contribution in [2.45, 2.75) is 334 Å². The van der Waals surface area contributed by atoms with Crippen LogP contribution in [0.25, 0.3) is 0 Å². The maximum absolute atomic E-state index is 12.5. The average Bonchev–Trinajstić information content (AvgIpc) is 3.31. The molecule has 0 bridgehead atoms. The van der Waals surface area contributed by atoms with E-state index in [1.54, 1.807) is 0 Å². The molecular weight excluding hydrogens is 799 g/mol. The highest BCUT2D eigenvalue weighted by molar-refractivity contribution is 5.76. The van der Waals surface area contributed by atoms with Crippen molar-refractivity contribution in [1.82, 2.24) is 5.32 Å². The van der Waals surface area contributed by atoms with Gasteiger partial charge in [-0.25, -0.2) is 0 Å². The molecule has 0 aliphatic rings. The molecule has 65 heavy (non-hydrogen) atoms. The Morgan fingerprint density at radius 2 is 0.662 bits per heavy atom. The van der Waals surface area contributed by atoms with Gasteiger partial charge in [0.25, 0.3) is 0 Å². The van der Waals surface area contributed by atoms with E-state index < -0.39 is 18.2 Å². The van der Waals surface area contributed by atoms with Crippen molar-refractivity contribution in [1.29, 1.82) is 0 Å². The summed E-state index contributed by atoms with van der Waals surface area (Å²) in [6, 6.07) is -0.824. The van der Waals surface area contributed by atoms with E-state index in [4.69, 9.17) is 0 Å². The van der Waals surface area contributed by atoms with E-state index in [0.717, 1.165) is 44.9 Å². The number of carbonyl (C=O) groups is 1. The van der Waals surface area contributed by atoms with Crippen molar-refractivity contribution in [2.75, 3.05) is 6.61 Å². The van der Waals surface area contributed by atoms with Gasteiger partial charge in [0.15, 0.2) is 0 Å². The lowest BCUT2D eigenvalue weighted by atomic mass is 10.0. The number of unbranched alkanes of at least 4 members (excludes halogenated alkanes) is 40. The Labute approximate surface area is 406 Å². The molecule has 0 aromatic heterocycles. The van der Waals surface area contributed by atoms with Gasteiger partial charge >= 0.3 is 0 Å². The number of amides is 1. The minimum Gasteiger partial charge on any atom is -0.394 e. The zero-order valence-electron chi connectivity index (χ0n) is 43.9. The largest absolute Gasteiger partial charge is 0.394 e. The fraction of sp³-hybridized carbons (Fsp3) is 0.883. The zero-order chi connectivity index (χ0) is 47.2. The van der Waals surface area contributed by atoms with Gasteiger partial charge in [0.2, 0.25) is 5.91 Å². The number of aliphatic hydroxyl groups is 3. The Bertz CT molecular complexity index is 1010. The first-order valence-corrected chi connectivity index (χ1v) is 29.3. The van der Waals surface area contributed by atoms with Gasteiger partial charge in [-0.3, -0.25) is 4.79 Å². The number of hydrogen-bond acceptors (Lipinski definition) is 4. The minimum absolute atomic E-state index is 0.152. The minimum atomic E-state index is -1.16. The average molecular weight is 915 g/mol. The summed E-state index contributed by atoms with van der Waals surface area (Å²) in [4.78, 5) is 12.5. The van der Waals surface area contributed by atoms with E-state index in [1.165, 1.54) is 244 Å². The Morgan fingerprint density at radius 1 is 0.385 bits per heavy atom. The standard InChI is InChI=1S/C60H115NO4/c1-3-5-7-9-11-13-15-17-18-19-20-21-22-23-24-25-26-27-28-29-30-31-32-33-34-35-36-37-38-39-40-41-42-43-45-47-49-51-53-55-59(64)61-57(56-62)60(65)58(63)54-52-50-48-46-44-16-14-12-10-8-6-4-2/h26-27,29-30,46,48,57-58,60,62-63,65H,3-25,28,31-45,47,49-56H2,1-2H3,(H,61,64)/b27-26-,30-29-,48-46+. The summed E-state index contributed by atoms with van der Waals surface area (Å²) in [6.07, 6.45) is 71.9. The van der Waals surface area contributed by atoms with Gasteiger partial charge in [-0.1, -0.05) is 275 Å². The third kappa shape index (κ3) is 50.3. The predicted octanol–water partition coefficient (Wildman–Crippen LogP) is 18.2. The highest BCUT2D eigenvalue weighted by Crippen LogP contribution is 2.17. The molecule has 0 aromatic rings. The molecule has 0 spiro atoms. The summed E-state index contributed by atoms with van der Waals surface area (Å²) in [6.45, 7) is 4.17. The lowest BCUT2D eigenvalue weighted by Crippen LogP contribution is -2.50. The summed E-state index contributed by atoms with van der Waals surface area (Å²) >= 11 is 0. The summed E-state index contributed by atoms with van der Waals surface area (Å²) in [7, 11) is 0. The molecule has 1 amide bonds. The topological polar surface area (TPSA) is 89.8 Å². The molecule has 5 heteroatoms. The summed E-state index contributed by atoms with van der Waals surface area (Å²) in [5.74, 6) is -0.152. The zero-order valence-corrected chi connectivity index (χ0v) is 43.9. The molecular formula is C60H115NO4. The monoisotopic (exact) mass is 914 g/mol. The van der Waals surface area contributed by atoms with E-state index >= 15 is 0 Å². The fourth-order valence-corrected chi connectivity index (χ4v) is 9.20. The SMILES string of the molecule is CCCCCCCCC/C=C/CCCC(O)C(O)C(CO)NC(=O)CCCCCCCCCCCCCCCCCCC/C=C\C/C=C\CCCCCCCCCCCCCCCCC. The second-order valence-corrected chi connectivity index (χ2v) is 20.2. The fourth-order valence-electron chi connectivity index (χ4n) is 9.20. The lowest BCUT2D eigenvalue weighted by Gasteiger charge is -2.26. The molecule has 0 fully saturated rings. The Balaban J connectivity index is 3.45. The molecule has 0 aliphatic heterocycles. The van der Waals surface area contributed by atoms with Crippen molar-refractivity contribution in [3.8, 4) is 0 Å². The second kappa shape index (κ2) is 55.2. The van der Waals surface area contributed by atoms with Gasteiger partial charge in [-0.15, -0.1) is 0 Å². The first kappa shape index (κ1) is 63.6. The van der Waals surface area contributed by atoms with Crippen LogP contribution in [0.2, 0.25) is 0 Å². The molecule has 0 radical (unpaired) electrons. The van der Waals surface area contributed by atoms with Crippen molar-refractivity contribution in [3.05, 3.63) is 36.5 Å². The van der Waals surface area contributed by atoms with Crippen LogP contribution in [-0.4, -0.2) is 46.1 Å². The molecule has 0 aromatic carbocycles. The Kier molecular flexibility index (Phi) is 54.0. The molecule has 0 heterocycles. The van der Waals surface area contributed by atoms with Gasteiger partial charge in [0.1, 0.15) is 6.10 Å². The van der Waals surface area contributed by atoms with E-state index in [0.29, 0.717) is 12.8 Å². The highest BCUT2D eigenvalue weighted by Gasteiger charge is 2.26. The van der Waals surface area contributed by atoms with Gasteiger partial charge in [-0.2, -0.15) is 0 Å². The normalized spacial score (nSPS) is 13.5. The number of hydrogen-bond donors (Lipinski definition) is 4. The first-order valence-electron chi connectivity index (χ1n) is 29.3. The first-order chi connectivity index (χ1) is 32.1. The molecule has 0 aliphatic carbocycles. The van der Waals surface area contributed by atoms with Gasteiger partial charge in [0, 0.05) is 6.42 Å². The van der Waals surface area contributed by atoms with Crippen LogP contribution in [0.4, 0.5) is 0 Å². The summed E-state index contributed by atoms with van der Waals surface area (Å²) in [5.41, 5.74) is 0. The van der Waals surface area contributed by atoms with Crippen LogP contribution < -0.4 is 5.32 Å². The summed E-state index contributed by atoms with van der Waals surface area (Å²) in [5, 5.41) is 33.6. The quantitative estimate of drug-likeness (QED) is 0.0361. The number of nitrogens with one attached hydrogen (secondary N) is 1. The maximum Gasteiger partial charge on any atom is 0.220 e. The third-order valence-electron chi connectivity index (χ3n) is 13.7. The highest BCUT2D eigenvalue weighted by atomic mass is 16.3.